The molecule has 1 fully saturated rings. The lowest BCUT2D eigenvalue weighted by molar-refractivity contribution is 0.206. The Hall–Kier alpha value is -1.02. The molecule has 1 aromatic carbocycles. The quantitative estimate of drug-likeness (QED) is 0.313. The molecule has 0 radical (unpaired) electrons. The lowest BCUT2D eigenvalue weighted by atomic mass is 10.1. The number of nitrogens with zero attached hydrogens (tertiary/aromatic N) is 2. The molecule has 1 aromatic rings. The van der Waals surface area contributed by atoms with Gasteiger partial charge in [-0.2, -0.15) is 0 Å². The first-order valence-electron chi connectivity index (χ1n) is 10.2. The van der Waals surface area contributed by atoms with Crippen LogP contribution in [0.5, 0.6) is 5.75 Å². The molecule has 0 atom stereocenters. The molecule has 154 valence electrons. The van der Waals surface area contributed by atoms with Crippen LogP contribution in [0.25, 0.3) is 0 Å². The fourth-order valence-electron chi connectivity index (χ4n) is 3.25. The molecule has 2 rings (SSSR count). The fourth-order valence-corrected chi connectivity index (χ4v) is 3.25. The van der Waals surface area contributed by atoms with Gasteiger partial charge in [0, 0.05) is 25.7 Å². The molecule has 0 bridgehead atoms. The van der Waals surface area contributed by atoms with Crippen LogP contribution in [-0.2, 0) is 6.54 Å². The molecule has 0 amide bonds. The number of hydrogen-bond acceptors (Lipinski definition) is 3. The summed E-state index contributed by atoms with van der Waals surface area (Å²) in [6, 6.07) is 8.76. The van der Waals surface area contributed by atoms with Crippen molar-refractivity contribution in [1.29, 1.82) is 0 Å². The van der Waals surface area contributed by atoms with Crippen LogP contribution in [-0.4, -0.2) is 49.7 Å². The van der Waals surface area contributed by atoms with Gasteiger partial charge in [0.05, 0.1) is 13.2 Å². The van der Waals surface area contributed by atoms with Crippen LogP contribution >= 0.6 is 24.0 Å². The van der Waals surface area contributed by atoms with Crippen LogP contribution < -0.4 is 15.4 Å². The van der Waals surface area contributed by atoms with Crippen molar-refractivity contribution < 1.29 is 4.74 Å². The second-order valence-electron chi connectivity index (χ2n) is 6.95. The molecule has 0 aliphatic carbocycles. The summed E-state index contributed by atoms with van der Waals surface area (Å²) in [6.07, 6.45) is 4.63. The molecular formula is C21H37IN4O. The van der Waals surface area contributed by atoms with E-state index in [2.05, 4.69) is 48.4 Å². The molecule has 0 aromatic heterocycles. The average Bonchev–Trinajstić information content (AvgIpc) is 2.67. The van der Waals surface area contributed by atoms with Gasteiger partial charge in [-0.3, -0.25) is 0 Å². The Bertz CT molecular complexity index is 545. The number of ether oxygens (including phenoxy) is 1. The summed E-state index contributed by atoms with van der Waals surface area (Å²) in [5, 5.41) is 7.00. The van der Waals surface area contributed by atoms with Gasteiger partial charge in [-0.15, -0.1) is 24.0 Å². The second kappa shape index (κ2) is 14.0. The maximum Gasteiger partial charge on any atom is 0.191 e. The van der Waals surface area contributed by atoms with Crippen LogP contribution in [0.1, 0.15) is 52.0 Å². The monoisotopic (exact) mass is 488 g/mol. The number of likely N-dealkylation sites (tertiary alicyclic amines) is 1. The van der Waals surface area contributed by atoms with Crippen LogP contribution in [0.2, 0.25) is 0 Å². The summed E-state index contributed by atoms with van der Waals surface area (Å²) in [5.41, 5.74) is 1.17. The number of piperidine rings is 1. The van der Waals surface area contributed by atoms with Crippen molar-refractivity contribution in [1.82, 2.24) is 15.5 Å². The molecule has 2 N–H and O–H groups in total. The van der Waals surface area contributed by atoms with Gasteiger partial charge in [0.25, 0.3) is 0 Å². The minimum absolute atomic E-state index is 0. The Labute approximate surface area is 182 Å². The molecule has 1 heterocycles. The summed E-state index contributed by atoms with van der Waals surface area (Å²) < 4.78 is 5.72. The normalized spacial score (nSPS) is 15.9. The van der Waals surface area contributed by atoms with Crippen molar-refractivity contribution in [3.05, 3.63) is 29.8 Å². The van der Waals surface area contributed by atoms with Crippen molar-refractivity contribution in [3.63, 3.8) is 0 Å². The molecular weight excluding hydrogens is 451 g/mol. The Kier molecular flexibility index (Phi) is 12.5. The number of rotatable bonds is 9. The summed E-state index contributed by atoms with van der Waals surface area (Å²) in [7, 11) is 0. The highest BCUT2D eigenvalue weighted by molar-refractivity contribution is 14.0. The highest BCUT2D eigenvalue weighted by atomic mass is 127. The van der Waals surface area contributed by atoms with E-state index in [0.717, 1.165) is 31.3 Å². The number of guanidine groups is 1. The van der Waals surface area contributed by atoms with Crippen molar-refractivity contribution in [2.24, 2.45) is 4.99 Å². The van der Waals surface area contributed by atoms with Gasteiger partial charge in [-0.25, -0.2) is 4.99 Å². The van der Waals surface area contributed by atoms with E-state index in [9.17, 15) is 0 Å². The van der Waals surface area contributed by atoms with Gasteiger partial charge in [0.15, 0.2) is 5.96 Å². The van der Waals surface area contributed by atoms with Crippen LogP contribution in [0, 0.1) is 0 Å². The number of hydrogen-bond donors (Lipinski definition) is 2. The highest BCUT2D eigenvalue weighted by Crippen LogP contribution is 2.15. The first-order chi connectivity index (χ1) is 12.7. The Morgan fingerprint density at radius 3 is 2.63 bits per heavy atom. The summed E-state index contributed by atoms with van der Waals surface area (Å²) in [4.78, 5) is 7.34. The van der Waals surface area contributed by atoms with Crippen LogP contribution in [0.4, 0.5) is 0 Å². The first kappa shape index (κ1) is 24.0. The SMILES string of the molecule is CCCOc1cccc(CN=C(NCC)NC2CCN(CCC)CC2)c1.I. The maximum atomic E-state index is 5.72. The third-order valence-electron chi connectivity index (χ3n) is 4.60. The van der Waals surface area contributed by atoms with Gasteiger partial charge in [0.1, 0.15) is 5.75 Å². The van der Waals surface area contributed by atoms with Gasteiger partial charge < -0.3 is 20.3 Å². The Morgan fingerprint density at radius 2 is 1.96 bits per heavy atom. The van der Waals surface area contributed by atoms with E-state index in [1.165, 1.54) is 44.5 Å². The molecule has 5 nitrogen and oxygen atoms in total. The first-order valence-corrected chi connectivity index (χ1v) is 10.2. The summed E-state index contributed by atoms with van der Waals surface area (Å²) in [5.74, 6) is 1.85. The Morgan fingerprint density at radius 1 is 1.19 bits per heavy atom. The smallest absolute Gasteiger partial charge is 0.191 e. The summed E-state index contributed by atoms with van der Waals surface area (Å²) >= 11 is 0. The zero-order chi connectivity index (χ0) is 18.6. The third-order valence-corrected chi connectivity index (χ3v) is 4.60. The predicted octanol–water partition coefficient (Wildman–Crippen LogP) is 4.02. The molecule has 0 saturated carbocycles. The van der Waals surface area contributed by atoms with E-state index in [-0.39, 0.29) is 24.0 Å². The van der Waals surface area contributed by atoms with E-state index in [1.54, 1.807) is 0 Å². The average molecular weight is 488 g/mol. The predicted molar refractivity (Wildman–Crippen MR) is 125 cm³/mol. The van der Waals surface area contributed by atoms with Crippen molar-refractivity contribution >= 4 is 29.9 Å². The maximum absolute atomic E-state index is 5.72. The second-order valence-corrected chi connectivity index (χ2v) is 6.95. The van der Waals surface area contributed by atoms with Gasteiger partial charge in [-0.1, -0.05) is 26.0 Å². The largest absolute Gasteiger partial charge is 0.494 e. The van der Waals surface area contributed by atoms with Crippen LogP contribution in [0.3, 0.4) is 0 Å². The molecule has 1 aliphatic heterocycles. The van der Waals surface area contributed by atoms with E-state index in [0.29, 0.717) is 12.6 Å². The standard InChI is InChI=1S/C21H36N4O.HI/c1-4-12-25-13-10-19(11-14-25)24-21(22-6-3)23-17-18-8-7-9-20(16-18)26-15-5-2;/h7-9,16,19H,4-6,10-15,17H2,1-3H3,(H2,22,23,24);1H. The van der Waals surface area contributed by atoms with E-state index in [1.807, 2.05) is 12.1 Å². The zero-order valence-corrected chi connectivity index (χ0v) is 19.5. The molecule has 27 heavy (non-hydrogen) atoms. The number of nitrogens with one attached hydrogen (secondary N) is 2. The van der Waals surface area contributed by atoms with E-state index in [4.69, 9.17) is 9.73 Å². The molecule has 1 saturated heterocycles. The minimum Gasteiger partial charge on any atom is -0.494 e. The van der Waals surface area contributed by atoms with E-state index >= 15 is 0 Å². The van der Waals surface area contributed by atoms with Crippen molar-refractivity contribution in [3.8, 4) is 5.75 Å². The van der Waals surface area contributed by atoms with Gasteiger partial charge >= 0.3 is 0 Å². The highest BCUT2D eigenvalue weighted by Gasteiger charge is 2.19. The molecule has 0 spiro atoms. The molecule has 6 heteroatoms. The van der Waals surface area contributed by atoms with Crippen LogP contribution in [0.15, 0.2) is 29.3 Å². The van der Waals surface area contributed by atoms with Crippen molar-refractivity contribution in [2.75, 3.05) is 32.8 Å². The lowest BCUT2D eigenvalue weighted by Gasteiger charge is -2.32. The molecule has 1 aliphatic rings. The van der Waals surface area contributed by atoms with Gasteiger partial charge in [-0.05, 0) is 56.8 Å². The number of halogens is 1. The number of aliphatic imine (C=N–C) groups is 1. The van der Waals surface area contributed by atoms with Crippen molar-refractivity contribution in [2.45, 2.75) is 59.0 Å². The number of benzene rings is 1. The minimum atomic E-state index is 0. The Balaban J connectivity index is 0.00000364. The lowest BCUT2D eigenvalue weighted by Crippen LogP contribution is -2.48. The third kappa shape index (κ3) is 9.14. The zero-order valence-electron chi connectivity index (χ0n) is 17.2. The fraction of sp³-hybridized carbons (Fsp3) is 0.667. The summed E-state index contributed by atoms with van der Waals surface area (Å²) in [6.45, 7) is 12.4. The topological polar surface area (TPSA) is 48.9 Å². The van der Waals surface area contributed by atoms with E-state index < -0.39 is 0 Å². The van der Waals surface area contributed by atoms with Gasteiger partial charge in [0.2, 0.25) is 0 Å². The molecule has 0 unspecified atom stereocenters.